The van der Waals surface area contributed by atoms with E-state index in [0.29, 0.717) is 6.04 Å². The van der Waals surface area contributed by atoms with Gasteiger partial charge in [0.15, 0.2) is 0 Å². The van der Waals surface area contributed by atoms with Gasteiger partial charge in [-0.1, -0.05) is 52.0 Å². The summed E-state index contributed by atoms with van der Waals surface area (Å²) in [5.74, 6) is 0. The molecule has 1 unspecified atom stereocenters. The number of aliphatic hydroxyl groups is 1. The Kier molecular flexibility index (Phi) is 5.83. The van der Waals surface area contributed by atoms with Crippen molar-refractivity contribution in [3.05, 3.63) is 35.4 Å². The molecule has 0 bridgehead atoms. The number of rotatable bonds is 7. The van der Waals surface area contributed by atoms with Gasteiger partial charge < -0.3 is 10.4 Å². The van der Waals surface area contributed by atoms with Crippen molar-refractivity contribution in [1.29, 1.82) is 0 Å². The fourth-order valence-corrected chi connectivity index (χ4v) is 1.94. The lowest BCUT2D eigenvalue weighted by Crippen LogP contribution is -2.34. The standard InChI is InChI=1S/C16H27NO/c1-5-13-7-9-14(10-8-13)15(6-2)17-11-16(3,4)12-18/h7-10,15,17-18H,5-6,11-12H2,1-4H3. The maximum atomic E-state index is 9.28. The zero-order chi connectivity index (χ0) is 13.6. The van der Waals surface area contributed by atoms with Crippen LogP contribution in [0.3, 0.4) is 0 Å². The summed E-state index contributed by atoms with van der Waals surface area (Å²) in [7, 11) is 0. The minimum atomic E-state index is -0.0588. The summed E-state index contributed by atoms with van der Waals surface area (Å²) in [6, 6.07) is 9.22. The minimum Gasteiger partial charge on any atom is -0.396 e. The molecule has 2 N–H and O–H groups in total. The highest BCUT2D eigenvalue weighted by molar-refractivity contribution is 5.25. The van der Waals surface area contributed by atoms with E-state index in [0.717, 1.165) is 19.4 Å². The van der Waals surface area contributed by atoms with E-state index in [4.69, 9.17) is 0 Å². The van der Waals surface area contributed by atoms with Crippen LogP contribution in [0.15, 0.2) is 24.3 Å². The second kappa shape index (κ2) is 6.91. The second-order valence-electron chi connectivity index (χ2n) is 5.76. The molecule has 102 valence electrons. The van der Waals surface area contributed by atoms with Gasteiger partial charge in [-0.25, -0.2) is 0 Å². The number of benzene rings is 1. The van der Waals surface area contributed by atoms with Crippen LogP contribution in [0.1, 0.15) is 51.3 Å². The predicted molar refractivity (Wildman–Crippen MR) is 77.7 cm³/mol. The van der Waals surface area contributed by atoms with E-state index >= 15 is 0 Å². The van der Waals surface area contributed by atoms with Gasteiger partial charge in [0.05, 0.1) is 0 Å². The molecule has 0 aliphatic rings. The molecule has 18 heavy (non-hydrogen) atoms. The average Bonchev–Trinajstić information content (AvgIpc) is 2.40. The highest BCUT2D eigenvalue weighted by Gasteiger charge is 2.18. The Labute approximate surface area is 111 Å². The van der Waals surface area contributed by atoms with Crippen LogP contribution in [0.4, 0.5) is 0 Å². The summed E-state index contributed by atoms with van der Waals surface area (Å²) in [5.41, 5.74) is 2.66. The van der Waals surface area contributed by atoms with Crippen LogP contribution >= 0.6 is 0 Å². The quantitative estimate of drug-likeness (QED) is 0.777. The molecule has 0 fully saturated rings. The first-order valence-electron chi connectivity index (χ1n) is 6.95. The van der Waals surface area contributed by atoms with Crippen molar-refractivity contribution in [3.8, 4) is 0 Å². The number of aryl methyl sites for hydroxylation is 1. The zero-order valence-corrected chi connectivity index (χ0v) is 12.2. The average molecular weight is 249 g/mol. The Morgan fingerprint density at radius 2 is 1.78 bits per heavy atom. The second-order valence-corrected chi connectivity index (χ2v) is 5.76. The van der Waals surface area contributed by atoms with E-state index in [1.54, 1.807) is 0 Å². The molecule has 0 spiro atoms. The van der Waals surface area contributed by atoms with Gasteiger partial charge in [-0.2, -0.15) is 0 Å². The van der Waals surface area contributed by atoms with Gasteiger partial charge in [-0.15, -0.1) is 0 Å². The largest absolute Gasteiger partial charge is 0.396 e. The Hall–Kier alpha value is -0.860. The SMILES string of the molecule is CCc1ccc(C(CC)NCC(C)(C)CO)cc1. The van der Waals surface area contributed by atoms with Gasteiger partial charge in [0.2, 0.25) is 0 Å². The van der Waals surface area contributed by atoms with Gasteiger partial charge >= 0.3 is 0 Å². The maximum absolute atomic E-state index is 9.28. The van der Waals surface area contributed by atoms with Crippen molar-refractivity contribution in [3.63, 3.8) is 0 Å². The first-order valence-corrected chi connectivity index (χ1v) is 6.95. The van der Waals surface area contributed by atoms with Gasteiger partial charge in [-0.3, -0.25) is 0 Å². The summed E-state index contributed by atoms with van der Waals surface area (Å²) in [6.45, 7) is 9.56. The topological polar surface area (TPSA) is 32.3 Å². The molecule has 1 atom stereocenters. The molecule has 1 rings (SSSR count). The fourth-order valence-electron chi connectivity index (χ4n) is 1.94. The summed E-state index contributed by atoms with van der Waals surface area (Å²) in [6.07, 6.45) is 2.15. The highest BCUT2D eigenvalue weighted by Crippen LogP contribution is 2.20. The molecule has 0 heterocycles. The van der Waals surface area contributed by atoms with Crippen LogP contribution < -0.4 is 5.32 Å². The van der Waals surface area contributed by atoms with Crippen molar-refractivity contribution >= 4 is 0 Å². The smallest absolute Gasteiger partial charge is 0.0494 e. The minimum absolute atomic E-state index is 0.0588. The van der Waals surface area contributed by atoms with Crippen LogP contribution in [-0.2, 0) is 6.42 Å². The number of hydrogen-bond acceptors (Lipinski definition) is 2. The summed E-state index contributed by atoms with van der Waals surface area (Å²) in [4.78, 5) is 0. The first kappa shape index (κ1) is 15.2. The van der Waals surface area contributed by atoms with E-state index in [-0.39, 0.29) is 12.0 Å². The van der Waals surface area contributed by atoms with Crippen molar-refractivity contribution in [1.82, 2.24) is 5.32 Å². The van der Waals surface area contributed by atoms with Crippen molar-refractivity contribution in [2.75, 3.05) is 13.2 Å². The van der Waals surface area contributed by atoms with Crippen LogP contribution in [-0.4, -0.2) is 18.3 Å². The van der Waals surface area contributed by atoms with Crippen molar-refractivity contribution in [2.45, 2.75) is 46.6 Å². The van der Waals surface area contributed by atoms with Crippen molar-refractivity contribution < 1.29 is 5.11 Å². The number of aliphatic hydroxyl groups excluding tert-OH is 1. The van der Waals surface area contributed by atoms with E-state index in [1.807, 2.05) is 0 Å². The molecule has 2 nitrogen and oxygen atoms in total. The number of nitrogens with one attached hydrogen (secondary N) is 1. The lowest BCUT2D eigenvalue weighted by molar-refractivity contribution is 0.152. The van der Waals surface area contributed by atoms with E-state index in [9.17, 15) is 5.11 Å². The zero-order valence-electron chi connectivity index (χ0n) is 12.2. The third kappa shape index (κ3) is 4.43. The monoisotopic (exact) mass is 249 g/mol. The Morgan fingerprint density at radius 1 is 1.17 bits per heavy atom. The van der Waals surface area contributed by atoms with Crippen molar-refractivity contribution in [2.24, 2.45) is 5.41 Å². The molecule has 0 aliphatic heterocycles. The van der Waals surface area contributed by atoms with Gasteiger partial charge in [0.1, 0.15) is 0 Å². The Bertz CT molecular complexity index is 343. The number of hydrogen-bond donors (Lipinski definition) is 2. The molecule has 0 aliphatic carbocycles. The molecular weight excluding hydrogens is 222 g/mol. The molecule has 0 aromatic heterocycles. The van der Waals surface area contributed by atoms with Crippen LogP contribution in [0.5, 0.6) is 0 Å². The van der Waals surface area contributed by atoms with Crippen LogP contribution in [0.2, 0.25) is 0 Å². The summed E-state index contributed by atoms with van der Waals surface area (Å²) >= 11 is 0. The molecule has 0 radical (unpaired) electrons. The lowest BCUT2D eigenvalue weighted by atomic mass is 9.93. The Morgan fingerprint density at radius 3 is 2.22 bits per heavy atom. The molecule has 1 aromatic carbocycles. The van der Waals surface area contributed by atoms with Crippen LogP contribution in [0.25, 0.3) is 0 Å². The lowest BCUT2D eigenvalue weighted by Gasteiger charge is -2.26. The van der Waals surface area contributed by atoms with Crippen LogP contribution in [0, 0.1) is 5.41 Å². The van der Waals surface area contributed by atoms with Gasteiger partial charge in [-0.05, 0) is 24.0 Å². The maximum Gasteiger partial charge on any atom is 0.0494 e. The highest BCUT2D eigenvalue weighted by atomic mass is 16.3. The molecule has 0 amide bonds. The van der Waals surface area contributed by atoms with Gasteiger partial charge in [0.25, 0.3) is 0 Å². The molecule has 2 heteroatoms. The molecule has 0 saturated carbocycles. The molecular formula is C16H27NO. The van der Waals surface area contributed by atoms with Gasteiger partial charge in [0, 0.05) is 24.6 Å². The molecule has 0 saturated heterocycles. The summed E-state index contributed by atoms with van der Waals surface area (Å²) < 4.78 is 0. The van der Waals surface area contributed by atoms with E-state index in [2.05, 4.69) is 57.3 Å². The third-order valence-electron chi connectivity index (χ3n) is 3.45. The van der Waals surface area contributed by atoms with E-state index < -0.39 is 0 Å². The fraction of sp³-hybridized carbons (Fsp3) is 0.625. The Balaban J connectivity index is 2.65. The third-order valence-corrected chi connectivity index (χ3v) is 3.45. The normalized spacial score (nSPS) is 13.6. The summed E-state index contributed by atoms with van der Waals surface area (Å²) in [5, 5.41) is 12.8. The predicted octanol–water partition coefficient (Wildman–Crippen LogP) is 3.31. The first-order chi connectivity index (χ1) is 8.52. The van der Waals surface area contributed by atoms with E-state index in [1.165, 1.54) is 11.1 Å². The molecule has 1 aromatic rings.